The first-order valence-corrected chi connectivity index (χ1v) is 14.8. The summed E-state index contributed by atoms with van der Waals surface area (Å²) in [6, 6.07) is 11.2. The largest absolute Gasteiger partial charge is 0.451 e. The maximum Gasteiger partial charge on any atom is 0.451 e. The third-order valence-electron chi connectivity index (χ3n) is 6.06. The quantitative estimate of drug-likeness (QED) is 0.488. The summed E-state index contributed by atoms with van der Waals surface area (Å²) in [6.07, 6.45) is -1.36. The number of benzene rings is 2. The maximum absolute atomic E-state index is 13.9. The number of sulfone groups is 1. The number of hydrogen-bond donors (Lipinski definition) is 1. The van der Waals surface area contributed by atoms with Crippen LogP contribution in [0.2, 0.25) is 0 Å². The molecule has 1 aliphatic rings. The van der Waals surface area contributed by atoms with Gasteiger partial charge in [-0.3, -0.25) is 0 Å². The topological polar surface area (TPSA) is 109 Å². The lowest BCUT2D eigenvalue weighted by molar-refractivity contribution is -0.144. The molecule has 2 heterocycles. The van der Waals surface area contributed by atoms with Crippen molar-refractivity contribution < 1.29 is 30.0 Å². The Morgan fingerprint density at radius 3 is 2.08 bits per heavy atom. The lowest BCUT2D eigenvalue weighted by Gasteiger charge is -2.31. The van der Waals surface area contributed by atoms with Crippen LogP contribution in [0.3, 0.4) is 0 Å². The third kappa shape index (κ3) is 5.78. The molecule has 0 amide bonds. The van der Waals surface area contributed by atoms with Gasteiger partial charge >= 0.3 is 6.18 Å². The molecular formula is C24H25F3N4O4S2. The molecule has 198 valence electrons. The van der Waals surface area contributed by atoms with Gasteiger partial charge in [-0.1, -0.05) is 24.3 Å². The van der Waals surface area contributed by atoms with E-state index >= 15 is 0 Å². The first kappa shape index (κ1) is 27.0. The number of nitrogens with zero attached hydrogens (tertiary/aromatic N) is 3. The van der Waals surface area contributed by atoms with E-state index in [0.29, 0.717) is 18.7 Å². The smallest absolute Gasteiger partial charge is 0.356 e. The highest BCUT2D eigenvalue weighted by molar-refractivity contribution is 7.90. The van der Waals surface area contributed by atoms with Crippen LogP contribution >= 0.6 is 0 Å². The average molecular weight is 555 g/mol. The van der Waals surface area contributed by atoms with Crippen LogP contribution in [0.4, 0.5) is 19.0 Å². The number of aromatic nitrogens is 2. The predicted octanol–water partition coefficient (Wildman–Crippen LogP) is 4.13. The molecule has 1 N–H and O–H groups in total. The molecule has 37 heavy (non-hydrogen) atoms. The molecule has 0 spiro atoms. The van der Waals surface area contributed by atoms with Crippen molar-refractivity contribution in [2.75, 3.05) is 31.3 Å². The van der Waals surface area contributed by atoms with Crippen molar-refractivity contribution in [1.29, 1.82) is 0 Å². The number of alkyl halides is 3. The number of nitrogens with one attached hydrogen (secondary N) is 1. The summed E-state index contributed by atoms with van der Waals surface area (Å²) in [5, 5.41) is 0. The van der Waals surface area contributed by atoms with Crippen molar-refractivity contribution in [3.63, 3.8) is 0 Å². The molecule has 1 aromatic heterocycles. The van der Waals surface area contributed by atoms with Crippen molar-refractivity contribution in [1.82, 2.24) is 14.7 Å². The summed E-state index contributed by atoms with van der Waals surface area (Å²) in [5.74, 6) is -1.29. The second-order valence-electron chi connectivity index (χ2n) is 8.67. The number of halogens is 3. The standard InChI is InChI=1S/C24H25F3N4O4S2/c1-28-37(34,35)19-8-6-7-17(15-19)20-21(16-9-11-18(12-10-16)36(2,32)33)29-23(24(25,26)27)30-22(20)31-13-4-3-5-14-31/h6-12,15,28H,3-5,13-14H2,1-2H3. The van der Waals surface area contributed by atoms with Crippen molar-refractivity contribution in [2.24, 2.45) is 0 Å². The van der Waals surface area contributed by atoms with E-state index in [2.05, 4.69) is 14.7 Å². The molecule has 1 fully saturated rings. The minimum Gasteiger partial charge on any atom is -0.356 e. The molecule has 0 aliphatic carbocycles. The predicted molar refractivity (Wildman–Crippen MR) is 133 cm³/mol. The van der Waals surface area contributed by atoms with Gasteiger partial charge in [0.05, 0.1) is 21.0 Å². The molecule has 8 nitrogen and oxygen atoms in total. The monoisotopic (exact) mass is 554 g/mol. The van der Waals surface area contributed by atoms with E-state index in [1.165, 1.54) is 49.5 Å². The van der Waals surface area contributed by atoms with Gasteiger partial charge < -0.3 is 4.90 Å². The van der Waals surface area contributed by atoms with E-state index in [-0.39, 0.29) is 32.4 Å². The van der Waals surface area contributed by atoms with Crippen molar-refractivity contribution in [2.45, 2.75) is 35.2 Å². The normalized spacial score (nSPS) is 15.1. The zero-order valence-corrected chi connectivity index (χ0v) is 21.7. The summed E-state index contributed by atoms with van der Waals surface area (Å²) >= 11 is 0. The second kappa shape index (κ2) is 10.0. The van der Waals surface area contributed by atoms with Gasteiger partial charge in [0.1, 0.15) is 5.82 Å². The van der Waals surface area contributed by atoms with Gasteiger partial charge in [-0.2, -0.15) is 13.2 Å². The Morgan fingerprint density at radius 1 is 0.865 bits per heavy atom. The van der Waals surface area contributed by atoms with Gasteiger partial charge in [-0.05, 0) is 56.1 Å². The number of sulfonamides is 1. The summed E-state index contributed by atoms with van der Waals surface area (Å²) in [6.45, 7) is 0.949. The van der Waals surface area contributed by atoms with E-state index in [4.69, 9.17) is 0 Å². The van der Waals surface area contributed by atoms with Gasteiger partial charge in [0.15, 0.2) is 9.84 Å². The van der Waals surface area contributed by atoms with Crippen LogP contribution in [0, 0.1) is 0 Å². The molecule has 1 saturated heterocycles. The third-order valence-corrected chi connectivity index (χ3v) is 8.60. The molecular weight excluding hydrogens is 529 g/mol. The zero-order valence-electron chi connectivity index (χ0n) is 20.1. The summed E-state index contributed by atoms with van der Waals surface area (Å²) in [7, 11) is -6.13. The van der Waals surface area contributed by atoms with Crippen LogP contribution in [-0.4, -0.2) is 53.2 Å². The van der Waals surface area contributed by atoms with Crippen molar-refractivity contribution in [3.8, 4) is 22.4 Å². The van der Waals surface area contributed by atoms with Gasteiger partial charge in [-0.25, -0.2) is 31.5 Å². The van der Waals surface area contributed by atoms with Gasteiger partial charge in [0.2, 0.25) is 15.8 Å². The Morgan fingerprint density at radius 2 is 1.51 bits per heavy atom. The molecule has 0 saturated carbocycles. The summed E-state index contributed by atoms with van der Waals surface area (Å²) in [5.41, 5.74) is 0.695. The molecule has 13 heteroatoms. The van der Waals surface area contributed by atoms with Crippen LogP contribution in [0.25, 0.3) is 22.4 Å². The fourth-order valence-electron chi connectivity index (χ4n) is 4.18. The van der Waals surface area contributed by atoms with Gasteiger partial charge in [-0.15, -0.1) is 0 Å². The highest BCUT2D eigenvalue weighted by Crippen LogP contribution is 2.41. The molecule has 3 aromatic rings. The fraction of sp³-hybridized carbons (Fsp3) is 0.333. The lowest BCUT2D eigenvalue weighted by Crippen LogP contribution is -2.32. The van der Waals surface area contributed by atoms with Crippen LogP contribution in [0.5, 0.6) is 0 Å². The van der Waals surface area contributed by atoms with E-state index < -0.39 is 31.9 Å². The van der Waals surface area contributed by atoms with E-state index in [1.54, 1.807) is 11.0 Å². The fourth-order valence-corrected chi connectivity index (χ4v) is 5.59. The molecule has 0 bridgehead atoms. The minimum absolute atomic E-state index is 0.00117. The zero-order chi connectivity index (χ0) is 27.0. The number of rotatable bonds is 6. The summed E-state index contributed by atoms with van der Waals surface area (Å²) < 4.78 is 92.9. The number of hydrogen-bond acceptors (Lipinski definition) is 7. The first-order chi connectivity index (χ1) is 17.3. The van der Waals surface area contributed by atoms with Crippen LogP contribution in [0.15, 0.2) is 58.3 Å². The molecule has 2 aromatic carbocycles. The van der Waals surface area contributed by atoms with Crippen molar-refractivity contribution >= 4 is 25.7 Å². The second-order valence-corrected chi connectivity index (χ2v) is 12.6. The summed E-state index contributed by atoms with van der Waals surface area (Å²) in [4.78, 5) is 9.48. The molecule has 1 aliphatic heterocycles. The minimum atomic E-state index is -4.85. The highest BCUT2D eigenvalue weighted by atomic mass is 32.2. The first-order valence-electron chi connectivity index (χ1n) is 11.4. The molecule has 4 rings (SSSR count). The Labute approximate surface area is 213 Å². The molecule has 0 unspecified atom stereocenters. The van der Waals surface area contributed by atoms with Crippen molar-refractivity contribution in [3.05, 3.63) is 54.4 Å². The SMILES string of the molecule is CNS(=O)(=O)c1cccc(-c2c(-c3ccc(S(C)(=O)=O)cc3)nc(C(F)(F)F)nc2N2CCCCC2)c1. The Kier molecular flexibility index (Phi) is 7.32. The Bertz CT molecular complexity index is 1520. The molecule has 0 radical (unpaired) electrons. The molecule has 0 atom stereocenters. The number of piperidine rings is 1. The van der Waals surface area contributed by atoms with E-state index in [0.717, 1.165) is 25.5 Å². The average Bonchev–Trinajstić information content (AvgIpc) is 2.87. The van der Waals surface area contributed by atoms with E-state index in [9.17, 15) is 30.0 Å². The van der Waals surface area contributed by atoms with Gasteiger partial charge in [0, 0.05) is 24.9 Å². The maximum atomic E-state index is 13.9. The van der Waals surface area contributed by atoms with E-state index in [1.807, 2.05) is 0 Å². The number of anilines is 1. The highest BCUT2D eigenvalue weighted by Gasteiger charge is 2.37. The Hall–Kier alpha value is -3.03. The lowest BCUT2D eigenvalue weighted by atomic mass is 9.98. The Balaban J connectivity index is 2.05. The van der Waals surface area contributed by atoms with Crippen LogP contribution < -0.4 is 9.62 Å². The van der Waals surface area contributed by atoms with Crippen LogP contribution in [-0.2, 0) is 26.0 Å². The van der Waals surface area contributed by atoms with Gasteiger partial charge in [0.25, 0.3) is 0 Å². The van der Waals surface area contributed by atoms with Crippen LogP contribution in [0.1, 0.15) is 25.1 Å².